The Balaban J connectivity index is 2.51. The molecule has 0 saturated carbocycles. The average Bonchev–Trinajstić information content (AvgIpc) is 2.38. The van der Waals surface area contributed by atoms with Crippen LogP contribution in [-0.4, -0.2) is 12.9 Å². The molecule has 0 N–H and O–H groups in total. The van der Waals surface area contributed by atoms with E-state index in [4.69, 9.17) is 4.74 Å². The molecule has 0 fully saturated rings. The van der Waals surface area contributed by atoms with E-state index in [0.717, 1.165) is 0 Å². The highest BCUT2D eigenvalue weighted by Gasteiger charge is 2.19. The van der Waals surface area contributed by atoms with Crippen LogP contribution in [0.1, 0.15) is 15.9 Å². The molecular formula is C14H9Br2FO2. The minimum atomic E-state index is -0.554. The maximum Gasteiger partial charge on any atom is 0.198 e. The molecule has 0 atom stereocenters. The topological polar surface area (TPSA) is 26.3 Å². The molecule has 2 rings (SSSR count). The number of methoxy groups -OCH3 is 1. The highest BCUT2D eigenvalue weighted by atomic mass is 79.9. The lowest BCUT2D eigenvalue weighted by atomic mass is 10.0. The largest absolute Gasteiger partial charge is 0.497 e. The Labute approximate surface area is 126 Å². The summed E-state index contributed by atoms with van der Waals surface area (Å²) in [4.78, 5) is 12.4. The number of halogens is 3. The normalized spacial score (nSPS) is 10.3. The van der Waals surface area contributed by atoms with Crippen molar-refractivity contribution in [3.8, 4) is 5.75 Å². The van der Waals surface area contributed by atoms with Gasteiger partial charge < -0.3 is 4.74 Å². The Morgan fingerprint density at radius 2 is 1.89 bits per heavy atom. The molecule has 0 aromatic heterocycles. The third-order valence-corrected chi connectivity index (χ3v) is 3.93. The lowest BCUT2D eigenvalue weighted by Crippen LogP contribution is -2.06. The van der Waals surface area contributed by atoms with Gasteiger partial charge in [0.25, 0.3) is 0 Å². The fraction of sp³-hybridized carbons (Fsp3) is 0.0714. The van der Waals surface area contributed by atoms with Crippen LogP contribution >= 0.6 is 31.9 Å². The minimum Gasteiger partial charge on any atom is -0.497 e. The van der Waals surface area contributed by atoms with Gasteiger partial charge in [0.1, 0.15) is 11.6 Å². The van der Waals surface area contributed by atoms with Crippen LogP contribution in [0.3, 0.4) is 0 Å². The van der Waals surface area contributed by atoms with Gasteiger partial charge in [-0.05, 0) is 62.2 Å². The first-order valence-corrected chi connectivity index (χ1v) is 6.95. The zero-order chi connectivity index (χ0) is 14.0. The van der Waals surface area contributed by atoms with Crippen LogP contribution in [0.4, 0.5) is 4.39 Å². The molecule has 0 amide bonds. The molecule has 0 aliphatic rings. The van der Waals surface area contributed by atoms with Crippen molar-refractivity contribution >= 4 is 37.6 Å². The summed E-state index contributed by atoms with van der Waals surface area (Å²) < 4.78 is 19.8. The Hall–Kier alpha value is -1.20. The van der Waals surface area contributed by atoms with E-state index in [9.17, 15) is 9.18 Å². The number of carbonyl (C=O) groups is 1. The van der Waals surface area contributed by atoms with Crippen LogP contribution in [0.5, 0.6) is 5.75 Å². The summed E-state index contributed by atoms with van der Waals surface area (Å²) in [6.45, 7) is 0. The van der Waals surface area contributed by atoms with Gasteiger partial charge in [-0.3, -0.25) is 4.79 Å². The number of benzene rings is 2. The van der Waals surface area contributed by atoms with Gasteiger partial charge in [0.2, 0.25) is 0 Å². The van der Waals surface area contributed by atoms with Crippen LogP contribution in [0, 0.1) is 5.82 Å². The smallest absolute Gasteiger partial charge is 0.198 e. The molecular weight excluding hydrogens is 379 g/mol. The maximum absolute atomic E-state index is 13.8. The van der Waals surface area contributed by atoms with E-state index in [-0.39, 0.29) is 11.3 Å². The van der Waals surface area contributed by atoms with Crippen molar-refractivity contribution in [1.29, 1.82) is 0 Å². The van der Waals surface area contributed by atoms with Gasteiger partial charge in [-0.25, -0.2) is 4.39 Å². The van der Waals surface area contributed by atoms with Crippen LogP contribution in [0.15, 0.2) is 45.3 Å². The van der Waals surface area contributed by atoms with E-state index in [1.165, 1.54) is 13.2 Å². The third-order valence-electron chi connectivity index (χ3n) is 2.61. The lowest BCUT2D eigenvalue weighted by Gasteiger charge is -2.08. The molecule has 0 radical (unpaired) electrons. The Kier molecular flexibility index (Phi) is 4.37. The summed E-state index contributed by atoms with van der Waals surface area (Å²) in [6.07, 6.45) is 0. The number of carbonyl (C=O) groups excluding carboxylic acids is 1. The average molecular weight is 388 g/mol. The van der Waals surface area contributed by atoms with Gasteiger partial charge in [-0.15, -0.1) is 0 Å². The molecule has 0 saturated heterocycles. The zero-order valence-electron chi connectivity index (χ0n) is 9.91. The maximum atomic E-state index is 13.8. The fourth-order valence-corrected chi connectivity index (χ4v) is 2.72. The van der Waals surface area contributed by atoms with Crippen molar-refractivity contribution in [3.63, 3.8) is 0 Å². The summed E-state index contributed by atoms with van der Waals surface area (Å²) in [5.74, 6) is -0.322. The SMILES string of the molecule is COc1ccc(C(=O)c2c(F)cccc2Br)c(Br)c1. The van der Waals surface area contributed by atoms with Gasteiger partial charge in [0.05, 0.1) is 12.7 Å². The van der Waals surface area contributed by atoms with E-state index >= 15 is 0 Å². The van der Waals surface area contributed by atoms with Crippen molar-refractivity contribution in [2.24, 2.45) is 0 Å². The predicted molar refractivity (Wildman–Crippen MR) is 78.2 cm³/mol. The van der Waals surface area contributed by atoms with Crippen LogP contribution < -0.4 is 4.74 Å². The molecule has 2 aromatic rings. The van der Waals surface area contributed by atoms with Gasteiger partial charge >= 0.3 is 0 Å². The fourth-order valence-electron chi connectivity index (χ4n) is 1.66. The highest BCUT2D eigenvalue weighted by Crippen LogP contribution is 2.28. The second kappa shape index (κ2) is 5.84. The summed E-state index contributed by atoms with van der Waals surface area (Å²) >= 11 is 6.49. The van der Waals surface area contributed by atoms with E-state index in [1.54, 1.807) is 30.3 Å². The lowest BCUT2D eigenvalue weighted by molar-refractivity contribution is 0.103. The van der Waals surface area contributed by atoms with E-state index in [1.807, 2.05) is 0 Å². The minimum absolute atomic E-state index is 0.0216. The molecule has 0 aliphatic heterocycles. The highest BCUT2D eigenvalue weighted by molar-refractivity contribution is 9.11. The van der Waals surface area contributed by atoms with Gasteiger partial charge in [0, 0.05) is 14.5 Å². The van der Waals surface area contributed by atoms with Crippen molar-refractivity contribution in [2.75, 3.05) is 7.11 Å². The molecule has 19 heavy (non-hydrogen) atoms. The second-order valence-electron chi connectivity index (χ2n) is 3.77. The number of hydrogen-bond acceptors (Lipinski definition) is 2. The zero-order valence-corrected chi connectivity index (χ0v) is 13.1. The number of rotatable bonds is 3. The molecule has 2 aromatic carbocycles. The second-order valence-corrected chi connectivity index (χ2v) is 5.48. The van der Waals surface area contributed by atoms with Crippen LogP contribution in [0.2, 0.25) is 0 Å². The molecule has 2 nitrogen and oxygen atoms in total. The third kappa shape index (κ3) is 2.87. The molecule has 0 bridgehead atoms. The molecule has 98 valence electrons. The predicted octanol–water partition coefficient (Wildman–Crippen LogP) is 4.59. The monoisotopic (exact) mass is 386 g/mol. The summed E-state index contributed by atoms with van der Waals surface area (Å²) in [7, 11) is 1.54. The number of ether oxygens (including phenoxy) is 1. The Morgan fingerprint density at radius 1 is 1.16 bits per heavy atom. The van der Waals surface area contributed by atoms with Crippen molar-refractivity contribution in [2.45, 2.75) is 0 Å². The standard InChI is InChI=1S/C14H9Br2FO2/c1-19-8-5-6-9(11(16)7-8)14(18)13-10(15)3-2-4-12(13)17/h2-7H,1H3. The van der Waals surface area contributed by atoms with E-state index in [0.29, 0.717) is 20.3 Å². The molecule has 0 spiro atoms. The van der Waals surface area contributed by atoms with Gasteiger partial charge in [0.15, 0.2) is 5.78 Å². The van der Waals surface area contributed by atoms with Crippen LogP contribution in [-0.2, 0) is 0 Å². The van der Waals surface area contributed by atoms with E-state index < -0.39 is 5.82 Å². The molecule has 0 aliphatic carbocycles. The first-order valence-electron chi connectivity index (χ1n) is 5.37. The van der Waals surface area contributed by atoms with Crippen molar-refractivity contribution in [3.05, 3.63) is 62.3 Å². The number of ketones is 1. The van der Waals surface area contributed by atoms with E-state index in [2.05, 4.69) is 31.9 Å². The Morgan fingerprint density at radius 3 is 2.47 bits per heavy atom. The van der Waals surface area contributed by atoms with Gasteiger partial charge in [-0.1, -0.05) is 6.07 Å². The van der Waals surface area contributed by atoms with Crippen molar-refractivity contribution in [1.82, 2.24) is 0 Å². The van der Waals surface area contributed by atoms with Crippen LogP contribution in [0.25, 0.3) is 0 Å². The summed E-state index contributed by atoms with van der Waals surface area (Å²) in [6, 6.07) is 9.36. The first kappa shape index (κ1) is 14.2. The summed E-state index contributed by atoms with van der Waals surface area (Å²) in [5.41, 5.74) is 0.403. The molecule has 0 unspecified atom stereocenters. The van der Waals surface area contributed by atoms with Crippen molar-refractivity contribution < 1.29 is 13.9 Å². The molecule has 0 heterocycles. The van der Waals surface area contributed by atoms with Gasteiger partial charge in [-0.2, -0.15) is 0 Å². The molecule has 5 heteroatoms. The quantitative estimate of drug-likeness (QED) is 0.720. The summed E-state index contributed by atoms with van der Waals surface area (Å²) in [5, 5.41) is 0. The Bertz CT molecular complexity index is 621. The first-order chi connectivity index (χ1) is 9.04. The number of hydrogen-bond donors (Lipinski definition) is 0.